The molecule has 1 aliphatic carbocycles. The second-order valence-corrected chi connectivity index (χ2v) is 8.62. The van der Waals surface area contributed by atoms with Crippen LogP contribution in [0.25, 0.3) is 0 Å². The molecule has 0 aliphatic heterocycles. The van der Waals surface area contributed by atoms with Crippen LogP contribution < -0.4 is 5.32 Å². The van der Waals surface area contributed by atoms with Crippen LogP contribution in [-0.4, -0.2) is 13.1 Å². The first-order chi connectivity index (χ1) is 9.88. The van der Waals surface area contributed by atoms with Crippen LogP contribution in [0.15, 0.2) is 0 Å². The first-order valence-electron chi connectivity index (χ1n) is 9.56. The maximum absolute atomic E-state index is 3.62. The average Bonchev–Trinajstić information content (AvgIpc) is 3.09. The highest BCUT2D eigenvalue weighted by atomic mass is 14.9. The molecule has 0 aromatic carbocycles. The van der Waals surface area contributed by atoms with Gasteiger partial charge in [0.2, 0.25) is 0 Å². The highest BCUT2D eigenvalue weighted by Gasteiger charge is 2.52. The average molecular weight is 296 g/mol. The molecule has 3 unspecified atom stereocenters. The van der Waals surface area contributed by atoms with Gasteiger partial charge in [0.15, 0.2) is 0 Å². The van der Waals surface area contributed by atoms with Crippen molar-refractivity contribution in [3.63, 3.8) is 0 Å². The largest absolute Gasteiger partial charge is 0.317 e. The van der Waals surface area contributed by atoms with Gasteiger partial charge in [-0.05, 0) is 55.9 Å². The van der Waals surface area contributed by atoms with E-state index in [0.717, 1.165) is 12.0 Å². The Kier molecular flexibility index (Phi) is 7.74. The second kappa shape index (κ2) is 8.56. The monoisotopic (exact) mass is 295 g/mol. The lowest BCUT2D eigenvalue weighted by Crippen LogP contribution is -2.29. The molecule has 0 saturated heterocycles. The number of nitrogens with one attached hydrogen (secondary N) is 1. The van der Waals surface area contributed by atoms with E-state index in [0.29, 0.717) is 10.8 Å². The molecule has 0 spiro atoms. The van der Waals surface area contributed by atoms with Crippen LogP contribution in [0.1, 0.15) is 98.8 Å². The van der Waals surface area contributed by atoms with E-state index in [1.807, 2.05) is 0 Å². The molecule has 126 valence electrons. The molecule has 1 fully saturated rings. The molecule has 0 aromatic rings. The van der Waals surface area contributed by atoms with Gasteiger partial charge in [-0.3, -0.25) is 0 Å². The fraction of sp³-hybridized carbons (Fsp3) is 1.00. The van der Waals surface area contributed by atoms with Crippen LogP contribution in [0.4, 0.5) is 0 Å². The molecule has 1 aliphatic rings. The molecule has 0 amide bonds. The Hall–Kier alpha value is -0.0400. The van der Waals surface area contributed by atoms with Gasteiger partial charge < -0.3 is 5.32 Å². The summed E-state index contributed by atoms with van der Waals surface area (Å²) >= 11 is 0. The fourth-order valence-electron chi connectivity index (χ4n) is 4.26. The van der Waals surface area contributed by atoms with Gasteiger partial charge in [-0.25, -0.2) is 0 Å². The summed E-state index contributed by atoms with van der Waals surface area (Å²) in [4.78, 5) is 0. The van der Waals surface area contributed by atoms with Gasteiger partial charge in [0.25, 0.3) is 0 Å². The molecule has 1 nitrogen and oxygen atoms in total. The lowest BCUT2D eigenvalue weighted by Gasteiger charge is -2.25. The molecule has 21 heavy (non-hydrogen) atoms. The Labute approximate surface area is 134 Å². The molecule has 0 bridgehead atoms. The van der Waals surface area contributed by atoms with Crippen molar-refractivity contribution in [1.29, 1.82) is 0 Å². The summed E-state index contributed by atoms with van der Waals surface area (Å²) < 4.78 is 0. The van der Waals surface area contributed by atoms with Crippen LogP contribution in [0.5, 0.6) is 0 Å². The summed E-state index contributed by atoms with van der Waals surface area (Å²) in [5.41, 5.74) is 1.21. The van der Waals surface area contributed by atoms with Crippen molar-refractivity contribution in [1.82, 2.24) is 5.32 Å². The predicted molar refractivity (Wildman–Crippen MR) is 95.7 cm³/mol. The summed E-state index contributed by atoms with van der Waals surface area (Å²) in [5.74, 6) is 0.942. The van der Waals surface area contributed by atoms with Gasteiger partial charge in [0.1, 0.15) is 0 Å². The normalized spacial score (nSPS) is 26.9. The van der Waals surface area contributed by atoms with Crippen molar-refractivity contribution in [2.75, 3.05) is 7.05 Å². The van der Waals surface area contributed by atoms with E-state index in [-0.39, 0.29) is 0 Å². The fourth-order valence-corrected chi connectivity index (χ4v) is 4.26. The third-order valence-corrected chi connectivity index (χ3v) is 5.92. The van der Waals surface area contributed by atoms with E-state index >= 15 is 0 Å². The zero-order valence-corrected chi connectivity index (χ0v) is 15.7. The zero-order chi connectivity index (χ0) is 15.9. The van der Waals surface area contributed by atoms with Gasteiger partial charge in [-0.1, -0.05) is 66.7 Å². The Balaban J connectivity index is 2.24. The van der Waals surface area contributed by atoms with Crippen molar-refractivity contribution in [3.8, 4) is 0 Å². The van der Waals surface area contributed by atoms with Crippen molar-refractivity contribution in [2.45, 2.75) is 105 Å². The van der Waals surface area contributed by atoms with Gasteiger partial charge >= 0.3 is 0 Å². The van der Waals surface area contributed by atoms with Gasteiger partial charge in [-0.2, -0.15) is 0 Å². The van der Waals surface area contributed by atoms with Gasteiger partial charge in [0, 0.05) is 6.04 Å². The molecule has 1 rings (SSSR count). The van der Waals surface area contributed by atoms with E-state index in [2.05, 4.69) is 47.0 Å². The molecule has 3 atom stereocenters. The molecular formula is C20H41N. The quantitative estimate of drug-likeness (QED) is 0.424. The molecule has 1 heteroatoms. The van der Waals surface area contributed by atoms with Crippen LogP contribution in [0, 0.1) is 16.7 Å². The first kappa shape index (κ1) is 19.0. The SMILES string of the molecule is CCCCC1(C)CC1C(CCCCC(C)(C)CCC)NC. The van der Waals surface area contributed by atoms with Gasteiger partial charge in [0.05, 0.1) is 0 Å². The Morgan fingerprint density at radius 3 is 2.38 bits per heavy atom. The maximum Gasteiger partial charge on any atom is 0.00977 e. The van der Waals surface area contributed by atoms with E-state index in [9.17, 15) is 0 Å². The van der Waals surface area contributed by atoms with E-state index in [4.69, 9.17) is 0 Å². The highest BCUT2D eigenvalue weighted by molar-refractivity contribution is 5.04. The van der Waals surface area contributed by atoms with Crippen molar-refractivity contribution in [2.24, 2.45) is 16.7 Å². The highest BCUT2D eigenvalue weighted by Crippen LogP contribution is 2.58. The third kappa shape index (κ3) is 6.30. The third-order valence-electron chi connectivity index (χ3n) is 5.92. The standard InChI is InChI=1S/C20H41N/c1-7-9-15-20(5)16-17(20)18(21-6)12-10-11-14-19(3,4)13-8-2/h17-18,21H,7-16H2,1-6H3. The van der Waals surface area contributed by atoms with Crippen LogP contribution in [0.2, 0.25) is 0 Å². The topological polar surface area (TPSA) is 12.0 Å². The summed E-state index contributed by atoms with van der Waals surface area (Å²) in [6.07, 6.45) is 13.9. The lowest BCUT2D eigenvalue weighted by atomic mass is 9.82. The molecule has 0 radical (unpaired) electrons. The molecule has 1 N–H and O–H groups in total. The minimum Gasteiger partial charge on any atom is -0.317 e. The minimum atomic E-state index is 0.555. The molecular weight excluding hydrogens is 254 g/mol. The van der Waals surface area contributed by atoms with Crippen molar-refractivity contribution >= 4 is 0 Å². The summed E-state index contributed by atoms with van der Waals surface area (Å²) in [6, 6.07) is 0.765. The Bertz CT molecular complexity index is 284. The Morgan fingerprint density at radius 2 is 1.81 bits per heavy atom. The minimum absolute atomic E-state index is 0.555. The summed E-state index contributed by atoms with van der Waals surface area (Å²) in [6.45, 7) is 12.0. The lowest BCUT2D eigenvalue weighted by molar-refractivity contribution is 0.284. The van der Waals surface area contributed by atoms with E-state index in [1.54, 1.807) is 0 Å². The molecule has 0 aromatic heterocycles. The van der Waals surface area contributed by atoms with Crippen LogP contribution >= 0.6 is 0 Å². The summed E-state index contributed by atoms with van der Waals surface area (Å²) in [7, 11) is 2.17. The second-order valence-electron chi connectivity index (χ2n) is 8.62. The van der Waals surface area contributed by atoms with E-state index in [1.165, 1.54) is 64.2 Å². The molecule has 1 saturated carbocycles. The zero-order valence-electron chi connectivity index (χ0n) is 15.7. The van der Waals surface area contributed by atoms with Crippen LogP contribution in [0.3, 0.4) is 0 Å². The smallest absolute Gasteiger partial charge is 0.00977 e. The number of rotatable bonds is 12. The number of unbranched alkanes of at least 4 members (excludes halogenated alkanes) is 2. The van der Waals surface area contributed by atoms with Gasteiger partial charge in [-0.15, -0.1) is 0 Å². The number of hydrogen-bond donors (Lipinski definition) is 1. The molecule has 0 heterocycles. The van der Waals surface area contributed by atoms with Crippen LogP contribution in [-0.2, 0) is 0 Å². The predicted octanol–water partition coefficient (Wildman–Crippen LogP) is 6.18. The van der Waals surface area contributed by atoms with Crippen molar-refractivity contribution < 1.29 is 0 Å². The maximum atomic E-state index is 3.62. The summed E-state index contributed by atoms with van der Waals surface area (Å²) in [5, 5.41) is 3.62. The first-order valence-corrected chi connectivity index (χ1v) is 9.56. The number of hydrogen-bond acceptors (Lipinski definition) is 1. The van der Waals surface area contributed by atoms with Crippen molar-refractivity contribution in [3.05, 3.63) is 0 Å². The Morgan fingerprint density at radius 1 is 1.10 bits per heavy atom. The van der Waals surface area contributed by atoms with E-state index < -0.39 is 0 Å².